The van der Waals surface area contributed by atoms with Crippen LogP contribution in [-0.2, 0) is 6.67 Å². The summed E-state index contributed by atoms with van der Waals surface area (Å²) in [6.07, 6.45) is 3.67. The molecule has 0 saturated carbocycles. The van der Waals surface area contributed by atoms with E-state index in [-0.39, 0.29) is 0 Å². The molecule has 4 rings (SSSR count). The Labute approximate surface area is 151 Å². The van der Waals surface area contributed by atoms with Crippen LogP contribution in [0.25, 0.3) is 11.5 Å². The first-order valence-electron chi connectivity index (χ1n) is 8.30. The summed E-state index contributed by atoms with van der Waals surface area (Å²) in [5.74, 6) is 0.570. The van der Waals surface area contributed by atoms with Crippen molar-refractivity contribution >= 4 is 17.9 Å². The van der Waals surface area contributed by atoms with Crippen molar-refractivity contribution in [2.24, 2.45) is 0 Å². The molecule has 1 aromatic carbocycles. The zero-order valence-electron chi connectivity index (χ0n) is 13.8. The number of nitrogens with zero attached hydrogens (tertiary/aromatic N) is 5. The molecule has 0 unspecified atom stereocenters. The largest absolute Gasteiger partial charge is 0.409 e. The SMILES string of the molecule is S=c1oc(-c2ccccc2)nn1CN1CCN(c2ccncc2)CC1. The van der Waals surface area contributed by atoms with E-state index in [4.69, 9.17) is 16.6 Å². The van der Waals surface area contributed by atoms with Crippen LogP contribution in [0.1, 0.15) is 0 Å². The van der Waals surface area contributed by atoms with Gasteiger partial charge in [-0.25, -0.2) is 4.68 Å². The van der Waals surface area contributed by atoms with Gasteiger partial charge in [0.05, 0.1) is 6.67 Å². The summed E-state index contributed by atoms with van der Waals surface area (Å²) in [7, 11) is 0. The van der Waals surface area contributed by atoms with Gasteiger partial charge in [0, 0.05) is 49.8 Å². The van der Waals surface area contributed by atoms with Gasteiger partial charge in [0.25, 0.3) is 4.84 Å². The third-order valence-electron chi connectivity index (χ3n) is 4.36. The highest BCUT2D eigenvalue weighted by atomic mass is 32.1. The quantitative estimate of drug-likeness (QED) is 0.672. The number of hydrogen-bond donors (Lipinski definition) is 0. The lowest BCUT2D eigenvalue weighted by Crippen LogP contribution is -2.46. The molecule has 1 saturated heterocycles. The second kappa shape index (κ2) is 7.16. The van der Waals surface area contributed by atoms with Crippen LogP contribution in [-0.4, -0.2) is 45.8 Å². The fourth-order valence-electron chi connectivity index (χ4n) is 2.98. The van der Waals surface area contributed by atoms with Crippen LogP contribution in [0, 0.1) is 4.84 Å². The summed E-state index contributed by atoms with van der Waals surface area (Å²) in [6.45, 7) is 4.51. The first kappa shape index (κ1) is 16.0. The normalized spacial score (nSPS) is 15.4. The lowest BCUT2D eigenvalue weighted by atomic mass is 10.2. The Morgan fingerprint density at radius 1 is 0.960 bits per heavy atom. The summed E-state index contributed by atoms with van der Waals surface area (Å²) < 4.78 is 7.42. The second-order valence-corrected chi connectivity index (χ2v) is 6.34. The van der Waals surface area contributed by atoms with Crippen molar-refractivity contribution in [3.63, 3.8) is 0 Å². The van der Waals surface area contributed by atoms with Gasteiger partial charge in [-0.2, -0.15) is 0 Å². The van der Waals surface area contributed by atoms with Crippen molar-refractivity contribution in [1.82, 2.24) is 19.7 Å². The Hall–Kier alpha value is -2.51. The first-order chi connectivity index (χ1) is 12.3. The van der Waals surface area contributed by atoms with Crippen LogP contribution in [0.4, 0.5) is 5.69 Å². The van der Waals surface area contributed by atoms with Crippen molar-refractivity contribution in [3.8, 4) is 11.5 Å². The van der Waals surface area contributed by atoms with Crippen LogP contribution < -0.4 is 4.90 Å². The third kappa shape index (κ3) is 3.62. The molecule has 3 heterocycles. The van der Waals surface area contributed by atoms with Crippen molar-refractivity contribution < 1.29 is 4.42 Å². The first-order valence-corrected chi connectivity index (χ1v) is 8.71. The summed E-state index contributed by atoms with van der Waals surface area (Å²) in [6, 6.07) is 13.9. The van der Waals surface area contributed by atoms with Crippen LogP contribution in [0.3, 0.4) is 0 Å². The van der Waals surface area contributed by atoms with Crippen molar-refractivity contribution in [1.29, 1.82) is 0 Å². The molecule has 2 aromatic heterocycles. The molecule has 25 heavy (non-hydrogen) atoms. The lowest BCUT2D eigenvalue weighted by molar-refractivity contribution is 0.192. The van der Waals surface area contributed by atoms with E-state index >= 15 is 0 Å². The molecule has 0 bridgehead atoms. The van der Waals surface area contributed by atoms with Gasteiger partial charge in [-0.15, -0.1) is 5.10 Å². The average molecular weight is 353 g/mol. The van der Waals surface area contributed by atoms with E-state index < -0.39 is 0 Å². The Balaban J connectivity index is 1.41. The molecular weight excluding hydrogens is 334 g/mol. The van der Waals surface area contributed by atoms with E-state index in [9.17, 15) is 0 Å². The highest BCUT2D eigenvalue weighted by Crippen LogP contribution is 2.18. The minimum absolute atomic E-state index is 0.412. The number of pyridine rings is 1. The zero-order chi connectivity index (χ0) is 17.1. The minimum atomic E-state index is 0.412. The zero-order valence-corrected chi connectivity index (χ0v) is 14.6. The molecule has 0 aliphatic carbocycles. The summed E-state index contributed by atoms with van der Waals surface area (Å²) in [4.78, 5) is 9.20. The van der Waals surface area contributed by atoms with E-state index in [1.807, 2.05) is 42.7 Å². The predicted octanol–water partition coefficient (Wildman–Crippen LogP) is 3.05. The van der Waals surface area contributed by atoms with Gasteiger partial charge < -0.3 is 9.32 Å². The molecule has 1 aliphatic heterocycles. The molecular formula is C18H19N5OS. The van der Waals surface area contributed by atoms with Crippen LogP contribution in [0.5, 0.6) is 0 Å². The van der Waals surface area contributed by atoms with Crippen LogP contribution in [0.15, 0.2) is 59.3 Å². The van der Waals surface area contributed by atoms with E-state index in [0.717, 1.165) is 31.7 Å². The Morgan fingerprint density at radius 3 is 2.40 bits per heavy atom. The van der Waals surface area contributed by atoms with E-state index in [2.05, 4.69) is 32.0 Å². The maximum atomic E-state index is 5.66. The maximum absolute atomic E-state index is 5.66. The third-order valence-corrected chi connectivity index (χ3v) is 4.66. The predicted molar refractivity (Wildman–Crippen MR) is 98.8 cm³/mol. The molecule has 0 amide bonds. The van der Waals surface area contributed by atoms with E-state index in [0.29, 0.717) is 17.4 Å². The molecule has 128 valence electrons. The highest BCUT2D eigenvalue weighted by Gasteiger charge is 2.18. The number of anilines is 1. The standard InChI is InChI=1S/C18H19N5OS/c25-18-23(20-17(24-18)15-4-2-1-3-5-15)14-21-10-12-22(13-11-21)16-6-8-19-9-7-16/h1-9H,10-14H2. The molecule has 1 fully saturated rings. The van der Waals surface area contributed by atoms with Gasteiger partial charge in [0.1, 0.15) is 0 Å². The lowest BCUT2D eigenvalue weighted by Gasteiger charge is -2.35. The monoisotopic (exact) mass is 353 g/mol. The number of piperazine rings is 1. The van der Waals surface area contributed by atoms with E-state index in [1.54, 1.807) is 4.68 Å². The Kier molecular flexibility index (Phi) is 4.58. The number of benzene rings is 1. The Morgan fingerprint density at radius 2 is 1.68 bits per heavy atom. The summed E-state index contributed by atoms with van der Waals surface area (Å²) >= 11 is 5.33. The Bertz CT molecular complexity index is 869. The van der Waals surface area contributed by atoms with Gasteiger partial charge in [0.15, 0.2) is 0 Å². The number of aromatic nitrogens is 3. The molecule has 0 radical (unpaired) electrons. The van der Waals surface area contributed by atoms with Crippen LogP contribution >= 0.6 is 12.2 Å². The smallest absolute Gasteiger partial charge is 0.288 e. The molecule has 0 atom stereocenters. The molecule has 0 N–H and O–H groups in total. The topological polar surface area (TPSA) is 50.3 Å². The summed E-state index contributed by atoms with van der Waals surface area (Å²) in [5, 5.41) is 4.53. The molecule has 1 aliphatic rings. The number of hydrogen-bond acceptors (Lipinski definition) is 6. The summed E-state index contributed by atoms with van der Waals surface area (Å²) in [5.41, 5.74) is 2.16. The average Bonchev–Trinajstić information content (AvgIpc) is 3.04. The van der Waals surface area contributed by atoms with Crippen molar-refractivity contribution in [3.05, 3.63) is 59.7 Å². The van der Waals surface area contributed by atoms with Gasteiger partial charge in [0.2, 0.25) is 5.89 Å². The fraction of sp³-hybridized carbons (Fsp3) is 0.278. The van der Waals surface area contributed by atoms with Crippen molar-refractivity contribution in [2.45, 2.75) is 6.67 Å². The van der Waals surface area contributed by atoms with Gasteiger partial charge in [-0.1, -0.05) is 18.2 Å². The van der Waals surface area contributed by atoms with Gasteiger partial charge in [-0.05, 0) is 36.5 Å². The fourth-order valence-corrected chi connectivity index (χ4v) is 3.16. The molecule has 0 spiro atoms. The molecule has 7 heteroatoms. The van der Waals surface area contributed by atoms with E-state index in [1.165, 1.54) is 5.69 Å². The highest BCUT2D eigenvalue weighted by molar-refractivity contribution is 7.71. The minimum Gasteiger partial charge on any atom is -0.409 e. The van der Waals surface area contributed by atoms with Crippen LogP contribution in [0.2, 0.25) is 0 Å². The molecule has 3 aromatic rings. The number of rotatable bonds is 4. The van der Waals surface area contributed by atoms with Crippen molar-refractivity contribution in [2.75, 3.05) is 31.1 Å². The molecule has 6 nitrogen and oxygen atoms in total. The van der Waals surface area contributed by atoms with Gasteiger partial charge >= 0.3 is 0 Å². The second-order valence-electron chi connectivity index (χ2n) is 5.99. The van der Waals surface area contributed by atoms with Gasteiger partial charge in [-0.3, -0.25) is 9.88 Å². The maximum Gasteiger partial charge on any atom is 0.288 e.